The lowest BCUT2D eigenvalue weighted by atomic mass is 10.1. The van der Waals surface area contributed by atoms with Gasteiger partial charge in [0.05, 0.1) is 6.21 Å². The molecule has 0 saturated heterocycles. The Balaban J connectivity index is 1.99. The minimum absolute atomic E-state index is 0.186. The molecule has 0 saturated carbocycles. The maximum absolute atomic E-state index is 10.9. The van der Waals surface area contributed by atoms with Gasteiger partial charge in [-0.15, -0.1) is 0 Å². The van der Waals surface area contributed by atoms with E-state index in [2.05, 4.69) is 15.8 Å². The molecule has 22 heavy (non-hydrogen) atoms. The van der Waals surface area contributed by atoms with Crippen molar-refractivity contribution in [1.82, 2.24) is 5.43 Å². The summed E-state index contributed by atoms with van der Waals surface area (Å²) in [6.07, 6.45) is 1.29. The van der Waals surface area contributed by atoms with E-state index >= 15 is 0 Å². The maximum Gasteiger partial charge on any atom is 0.339 e. The van der Waals surface area contributed by atoms with E-state index in [1.165, 1.54) is 18.3 Å². The van der Waals surface area contributed by atoms with Crippen LogP contribution < -0.4 is 10.7 Å². The number of para-hydroxylation sites is 2. The fraction of sp³-hybridized carbons (Fsp3) is 0. The molecule has 0 aliphatic carbocycles. The van der Waals surface area contributed by atoms with Crippen LogP contribution in [0.2, 0.25) is 0 Å². The molecule has 0 fully saturated rings. The highest BCUT2D eigenvalue weighted by atomic mass is 32.1. The van der Waals surface area contributed by atoms with Crippen molar-refractivity contribution in [1.29, 1.82) is 0 Å². The van der Waals surface area contributed by atoms with Crippen LogP contribution in [0.25, 0.3) is 0 Å². The summed E-state index contributed by atoms with van der Waals surface area (Å²) >= 11 is 5.06. The van der Waals surface area contributed by atoms with Crippen molar-refractivity contribution in [3.8, 4) is 5.75 Å². The van der Waals surface area contributed by atoms with Crippen molar-refractivity contribution in [2.75, 3.05) is 5.32 Å². The zero-order valence-corrected chi connectivity index (χ0v) is 12.2. The van der Waals surface area contributed by atoms with Gasteiger partial charge in [-0.1, -0.05) is 24.3 Å². The number of thiocarbonyl (C=S) groups is 1. The van der Waals surface area contributed by atoms with Gasteiger partial charge in [-0.2, -0.15) is 5.10 Å². The lowest BCUT2D eigenvalue weighted by Crippen LogP contribution is -2.23. The van der Waals surface area contributed by atoms with Gasteiger partial charge in [0, 0.05) is 11.3 Å². The Labute approximate surface area is 132 Å². The van der Waals surface area contributed by atoms with Gasteiger partial charge in [0.15, 0.2) is 5.11 Å². The van der Waals surface area contributed by atoms with Gasteiger partial charge >= 0.3 is 5.97 Å². The Bertz CT molecular complexity index is 717. The van der Waals surface area contributed by atoms with E-state index in [4.69, 9.17) is 17.3 Å². The molecule has 0 aromatic heterocycles. The smallest absolute Gasteiger partial charge is 0.339 e. The molecule has 4 N–H and O–H groups in total. The molecule has 0 unspecified atom stereocenters. The number of carboxylic acids is 1. The van der Waals surface area contributed by atoms with Gasteiger partial charge in [0.25, 0.3) is 0 Å². The normalized spacial score (nSPS) is 10.4. The topological polar surface area (TPSA) is 94.0 Å². The van der Waals surface area contributed by atoms with Crippen molar-refractivity contribution in [2.45, 2.75) is 0 Å². The number of rotatable bonds is 4. The first-order valence-electron chi connectivity index (χ1n) is 6.28. The Kier molecular flexibility index (Phi) is 5.05. The zero-order valence-electron chi connectivity index (χ0n) is 11.4. The van der Waals surface area contributed by atoms with E-state index in [0.29, 0.717) is 0 Å². The Hall–Kier alpha value is -2.93. The van der Waals surface area contributed by atoms with E-state index in [1.807, 2.05) is 30.3 Å². The number of carbonyl (C=O) groups is 1. The Morgan fingerprint density at radius 2 is 1.86 bits per heavy atom. The molecular weight excluding hydrogens is 302 g/mol. The molecule has 112 valence electrons. The predicted octanol–water partition coefficient (Wildman–Crippen LogP) is 2.41. The van der Waals surface area contributed by atoms with E-state index in [9.17, 15) is 9.90 Å². The summed E-state index contributed by atoms with van der Waals surface area (Å²) in [5, 5.41) is 25.8. The van der Waals surface area contributed by atoms with Crippen LogP contribution in [0.15, 0.2) is 53.6 Å². The standard InChI is InChI=1S/C15H13N3O3S/c19-13-10(5-4-8-12(13)14(20)21)9-16-18-15(22)17-11-6-2-1-3-7-11/h1-9,19H,(H,20,21)(H2,17,18,22)/b16-9+. The van der Waals surface area contributed by atoms with Crippen LogP contribution in [-0.2, 0) is 0 Å². The molecule has 6 nitrogen and oxygen atoms in total. The Morgan fingerprint density at radius 1 is 1.14 bits per heavy atom. The van der Waals surface area contributed by atoms with Crippen LogP contribution >= 0.6 is 12.2 Å². The summed E-state index contributed by atoms with van der Waals surface area (Å²) in [5.41, 5.74) is 3.48. The molecule has 0 atom stereocenters. The second-order valence-corrected chi connectivity index (χ2v) is 4.65. The number of aromatic hydroxyl groups is 1. The number of phenols is 1. The maximum atomic E-state index is 10.9. The number of carboxylic acid groups (broad SMARTS) is 1. The van der Waals surface area contributed by atoms with E-state index in [1.54, 1.807) is 6.07 Å². The first kappa shape index (κ1) is 15.5. The van der Waals surface area contributed by atoms with E-state index in [-0.39, 0.29) is 22.0 Å². The lowest BCUT2D eigenvalue weighted by molar-refractivity contribution is 0.0693. The average Bonchev–Trinajstić information content (AvgIpc) is 2.49. The van der Waals surface area contributed by atoms with Crippen molar-refractivity contribution in [3.05, 3.63) is 59.7 Å². The monoisotopic (exact) mass is 315 g/mol. The van der Waals surface area contributed by atoms with Gasteiger partial charge in [0.1, 0.15) is 11.3 Å². The lowest BCUT2D eigenvalue weighted by Gasteiger charge is -2.06. The molecule has 0 bridgehead atoms. The molecule has 2 aromatic rings. The summed E-state index contributed by atoms with van der Waals surface area (Å²) in [5.74, 6) is -1.55. The molecular formula is C15H13N3O3S. The highest BCUT2D eigenvalue weighted by Crippen LogP contribution is 2.20. The number of hydrazone groups is 1. The van der Waals surface area contributed by atoms with Gasteiger partial charge in [-0.25, -0.2) is 4.79 Å². The highest BCUT2D eigenvalue weighted by Gasteiger charge is 2.11. The minimum atomic E-state index is -1.21. The first-order chi connectivity index (χ1) is 10.6. The molecule has 0 radical (unpaired) electrons. The summed E-state index contributed by atoms with van der Waals surface area (Å²) in [7, 11) is 0. The average molecular weight is 315 g/mol. The van der Waals surface area contributed by atoms with Gasteiger partial charge < -0.3 is 15.5 Å². The second kappa shape index (κ2) is 7.19. The molecule has 0 spiro atoms. The van der Waals surface area contributed by atoms with Gasteiger partial charge in [-0.3, -0.25) is 5.43 Å². The minimum Gasteiger partial charge on any atom is -0.506 e. The van der Waals surface area contributed by atoms with Crippen molar-refractivity contribution >= 4 is 35.2 Å². The number of hydrogen-bond donors (Lipinski definition) is 4. The summed E-state index contributed by atoms with van der Waals surface area (Å²) in [6, 6.07) is 13.7. The molecule has 0 aliphatic rings. The summed E-state index contributed by atoms with van der Waals surface area (Å²) in [4.78, 5) is 10.9. The fourth-order valence-corrected chi connectivity index (χ4v) is 1.85. The first-order valence-corrected chi connectivity index (χ1v) is 6.69. The van der Waals surface area contributed by atoms with Crippen LogP contribution in [0.3, 0.4) is 0 Å². The zero-order chi connectivity index (χ0) is 15.9. The van der Waals surface area contributed by atoms with Crippen LogP contribution in [0.5, 0.6) is 5.75 Å². The third kappa shape index (κ3) is 4.03. The molecule has 2 aromatic carbocycles. The van der Waals surface area contributed by atoms with E-state index < -0.39 is 5.97 Å². The predicted molar refractivity (Wildman–Crippen MR) is 88.5 cm³/mol. The number of aromatic carboxylic acids is 1. The molecule has 0 heterocycles. The van der Waals surface area contributed by atoms with Crippen LogP contribution in [0.1, 0.15) is 15.9 Å². The second-order valence-electron chi connectivity index (χ2n) is 4.24. The van der Waals surface area contributed by atoms with Crippen LogP contribution in [0.4, 0.5) is 5.69 Å². The molecule has 2 rings (SSSR count). The number of benzene rings is 2. The molecule has 0 amide bonds. The quantitative estimate of drug-likeness (QED) is 0.393. The van der Waals surface area contributed by atoms with E-state index in [0.717, 1.165) is 5.69 Å². The number of nitrogens with zero attached hydrogens (tertiary/aromatic N) is 1. The van der Waals surface area contributed by atoms with Gasteiger partial charge in [0.2, 0.25) is 0 Å². The number of anilines is 1. The fourth-order valence-electron chi connectivity index (χ4n) is 1.68. The van der Waals surface area contributed by atoms with Crippen LogP contribution in [-0.4, -0.2) is 27.5 Å². The Morgan fingerprint density at radius 3 is 2.55 bits per heavy atom. The summed E-state index contributed by atoms with van der Waals surface area (Å²) < 4.78 is 0. The highest BCUT2D eigenvalue weighted by molar-refractivity contribution is 7.80. The van der Waals surface area contributed by atoms with Crippen molar-refractivity contribution < 1.29 is 15.0 Å². The number of nitrogens with one attached hydrogen (secondary N) is 2. The summed E-state index contributed by atoms with van der Waals surface area (Å²) in [6.45, 7) is 0. The SMILES string of the molecule is O=C(O)c1cccc(/C=N/NC(=S)Nc2ccccc2)c1O. The third-order valence-electron chi connectivity index (χ3n) is 2.70. The number of hydrogen-bond acceptors (Lipinski definition) is 4. The van der Waals surface area contributed by atoms with Crippen molar-refractivity contribution in [2.24, 2.45) is 5.10 Å². The van der Waals surface area contributed by atoms with Crippen LogP contribution in [0, 0.1) is 0 Å². The molecule has 0 aliphatic heterocycles. The largest absolute Gasteiger partial charge is 0.506 e. The van der Waals surface area contributed by atoms with Crippen molar-refractivity contribution in [3.63, 3.8) is 0 Å². The molecule has 7 heteroatoms. The van der Waals surface area contributed by atoms with Gasteiger partial charge in [-0.05, 0) is 36.5 Å². The third-order valence-corrected chi connectivity index (χ3v) is 2.89.